The van der Waals surface area contributed by atoms with Gasteiger partial charge in [-0.1, -0.05) is 29.8 Å². The van der Waals surface area contributed by atoms with Gasteiger partial charge >= 0.3 is 6.18 Å². The van der Waals surface area contributed by atoms with E-state index in [1.165, 1.54) is 18.3 Å². The number of hydrogen-bond acceptors (Lipinski definition) is 5. The molecule has 1 aromatic rings. The van der Waals surface area contributed by atoms with Crippen LogP contribution in [-0.4, -0.2) is 52.5 Å². The Kier molecular flexibility index (Phi) is 7.43. The molecule has 0 spiro atoms. The maximum atomic E-state index is 13.1. The van der Waals surface area contributed by atoms with Gasteiger partial charge in [0.15, 0.2) is 0 Å². The second-order valence-corrected chi connectivity index (χ2v) is 6.40. The lowest BCUT2D eigenvalue weighted by Crippen LogP contribution is -2.26. The van der Waals surface area contributed by atoms with E-state index < -0.39 is 24.5 Å². The van der Waals surface area contributed by atoms with E-state index in [2.05, 4.69) is 4.98 Å². The average Bonchev–Trinajstić information content (AvgIpc) is 2.64. The maximum absolute atomic E-state index is 13.1. The number of rotatable bonds is 6. The Morgan fingerprint density at radius 1 is 1.44 bits per heavy atom. The van der Waals surface area contributed by atoms with Crippen molar-refractivity contribution in [3.05, 3.63) is 58.5 Å². The Morgan fingerprint density at radius 3 is 2.70 bits per heavy atom. The molecular weight excluding hydrogens is 383 g/mol. The number of aliphatic hydroxyl groups excluding tert-OH is 2. The van der Waals surface area contributed by atoms with Crippen molar-refractivity contribution in [2.24, 2.45) is 5.73 Å². The molecule has 5 nitrogen and oxygen atoms in total. The molecule has 1 aromatic heterocycles. The molecule has 27 heavy (non-hydrogen) atoms. The summed E-state index contributed by atoms with van der Waals surface area (Å²) in [5.74, 6) is 0. The zero-order valence-corrected chi connectivity index (χ0v) is 15.2. The summed E-state index contributed by atoms with van der Waals surface area (Å²) in [5, 5.41) is 18.9. The molecule has 2 heterocycles. The van der Waals surface area contributed by atoms with E-state index >= 15 is 0 Å². The molecule has 1 unspecified atom stereocenters. The van der Waals surface area contributed by atoms with Crippen LogP contribution in [0.2, 0.25) is 5.02 Å². The number of halogens is 4. The first-order valence-electron chi connectivity index (χ1n) is 8.29. The molecule has 0 saturated heterocycles. The molecule has 0 saturated carbocycles. The predicted octanol–water partition coefficient (Wildman–Crippen LogP) is 2.81. The molecule has 0 bridgehead atoms. The molecule has 0 radical (unpaired) electrons. The summed E-state index contributed by atoms with van der Waals surface area (Å²) in [7, 11) is 0. The molecule has 9 heteroatoms. The predicted molar refractivity (Wildman–Crippen MR) is 97.8 cm³/mol. The molecule has 0 aromatic carbocycles. The van der Waals surface area contributed by atoms with E-state index in [9.17, 15) is 18.3 Å². The summed E-state index contributed by atoms with van der Waals surface area (Å²) in [6.07, 6.45) is 1.47. The van der Waals surface area contributed by atoms with Gasteiger partial charge in [-0.2, -0.15) is 13.2 Å². The molecule has 1 aliphatic heterocycles. The lowest BCUT2D eigenvalue weighted by atomic mass is 10.0. The van der Waals surface area contributed by atoms with Crippen LogP contribution in [0.3, 0.4) is 0 Å². The second kappa shape index (κ2) is 9.36. The van der Waals surface area contributed by atoms with Gasteiger partial charge in [-0.15, -0.1) is 0 Å². The monoisotopic (exact) mass is 403 g/mol. The fourth-order valence-electron chi connectivity index (χ4n) is 2.60. The third-order valence-corrected chi connectivity index (χ3v) is 4.34. The molecule has 0 fully saturated rings. The van der Waals surface area contributed by atoms with Gasteiger partial charge in [0.05, 0.1) is 22.9 Å². The van der Waals surface area contributed by atoms with Crippen LogP contribution >= 0.6 is 11.6 Å². The van der Waals surface area contributed by atoms with Crippen molar-refractivity contribution < 1.29 is 23.4 Å². The number of aromatic nitrogens is 1. The molecule has 0 amide bonds. The van der Waals surface area contributed by atoms with Gasteiger partial charge in [0.25, 0.3) is 0 Å². The minimum atomic E-state index is -4.45. The summed E-state index contributed by atoms with van der Waals surface area (Å²) in [6, 6.07) is 1.53. The number of pyridine rings is 1. The molecular formula is C18H21ClF3N3O2. The van der Waals surface area contributed by atoms with E-state index in [1.807, 2.05) is 0 Å². The minimum Gasteiger partial charge on any atom is -0.393 e. The van der Waals surface area contributed by atoms with Crippen molar-refractivity contribution in [1.29, 1.82) is 0 Å². The number of hydrogen-bond donors (Lipinski definition) is 3. The molecule has 1 aliphatic rings. The highest BCUT2D eigenvalue weighted by Gasteiger charge is 2.32. The van der Waals surface area contributed by atoms with E-state index in [4.69, 9.17) is 22.4 Å². The van der Waals surface area contributed by atoms with E-state index in [0.717, 1.165) is 17.8 Å². The zero-order chi connectivity index (χ0) is 20.0. The van der Waals surface area contributed by atoms with Gasteiger partial charge in [-0.3, -0.25) is 4.98 Å². The summed E-state index contributed by atoms with van der Waals surface area (Å²) in [4.78, 5) is 5.79. The lowest BCUT2D eigenvalue weighted by molar-refractivity contribution is -0.0892. The van der Waals surface area contributed by atoms with Crippen molar-refractivity contribution in [3.63, 3.8) is 0 Å². The highest BCUT2D eigenvalue weighted by atomic mass is 35.5. The van der Waals surface area contributed by atoms with E-state index in [1.54, 1.807) is 11.0 Å². The largest absolute Gasteiger partial charge is 0.417 e. The van der Waals surface area contributed by atoms with Crippen molar-refractivity contribution in [3.8, 4) is 0 Å². The highest BCUT2D eigenvalue weighted by molar-refractivity contribution is 6.32. The summed E-state index contributed by atoms with van der Waals surface area (Å²) in [6.45, 7) is 0.245. The van der Waals surface area contributed by atoms with Crippen LogP contribution in [0.4, 0.5) is 13.2 Å². The van der Waals surface area contributed by atoms with Gasteiger partial charge in [0, 0.05) is 37.6 Å². The highest BCUT2D eigenvalue weighted by Crippen LogP contribution is 2.31. The number of allylic oxidation sites excluding steroid dienone is 2. The van der Waals surface area contributed by atoms with Crippen LogP contribution in [0.1, 0.15) is 23.8 Å². The number of aliphatic hydroxyl groups is 2. The first kappa shape index (κ1) is 21.4. The maximum Gasteiger partial charge on any atom is 0.417 e. The first-order chi connectivity index (χ1) is 12.8. The third kappa shape index (κ3) is 5.80. The normalized spacial score (nSPS) is 17.4. The summed E-state index contributed by atoms with van der Waals surface area (Å²) in [5.41, 5.74) is 6.21. The Balaban J connectivity index is 2.16. The van der Waals surface area contributed by atoms with Gasteiger partial charge in [-0.05, 0) is 18.1 Å². The molecule has 148 valence electrons. The molecule has 0 aliphatic carbocycles. The van der Waals surface area contributed by atoms with Crippen LogP contribution < -0.4 is 5.73 Å². The van der Waals surface area contributed by atoms with Crippen molar-refractivity contribution in [2.45, 2.75) is 18.7 Å². The zero-order valence-electron chi connectivity index (χ0n) is 14.5. The molecule has 4 N–H and O–H groups in total. The second-order valence-electron chi connectivity index (χ2n) is 5.99. The Labute approximate surface area is 160 Å². The van der Waals surface area contributed by atoms with Crippen LogP contribution in [0, 0.1) is 0 Å². The topological polar surface area (TPSA) is 82.6 Å². The van der Waals surface area contributed by atoms with Crippen molar-refractivity contribution >= 4 is 17.2 Å². The first-order valence-corrected chi connectivity index (χ1v) is 8.67. The fourth-order valence-corrected chi connectivity index (χ4v) is 2.89. The third-order valence-electron chi connectivity index (χ3n) is 4.05. The van der Waals surface area contributed by atoms with Gasteiger partial charge in [0.1, 0.15) is 6.10 Å². The average molecular weight is 404 g/mol. The number of alkyl halides is 3. The Morgan fingerprint density at radius 2 is 2.19 bits per heavy atom. The summed E-state index contributed by atoms with van der Waals surface area (Å²) < 4.78 is 39.2. The lowest BCUT2D eigenvalue weighted by Gasteiger charge is -2.26. The van der Waals surface area contributed by atoms with E-state index in [0.29, 0.717) is 29.2 Å². The number of nitrogens with two attached hydrogens (primary N) is 1. The molecule has 2 rings (SSSR count). The fraction of sp³-hybridized carbons (Fsp3) is 0.389. The van der Waals surface area contributed by atoms with Gasteiger partial charge < -0.3 is 20.8 Å². The number of nitrogens with zero attached hydrogens (tertiary/aromatic N) is 2. The molecule has 1 atom stereocenters. The quantitative estimate of drug-likeness (QED) is 0.636. The van der Waals surface area contributed by atoms with Crippen LogP contribution in [0.25, 0.3) is 5.57 Å². The Hall–Kier alpha value is -1.87. The van der Waals surface area contributed by atoms with Gasteiger partial charge in [0.2, 0.25) is 0 Å². The van der Waals surface area contributed by atoms with Crippen molar-refractivity contribution in [1.82, 2.24) is 9.88 Å². The van der Waals surface area contributed by atoms with Crippen molar-refractivity contribution in [2.75, 3.05) is 26.2 Å². The summed E-state index contributed by atoms with van der Waals surface area (Å²) >= 11 is 6.21. The Bertz CT molecular complexity index is 748. The van der Waals surface area contributed by atoms with Crippen LogP contribution in [0.5, 0.6) is 0 Å². The minimum absolute atomic E-state index is 0.0304. The van der Waals surface area contributed by atoms with E-state index in [-0.39, 0.29) is 13.1 Å². The SMILES string of the molecule is NC/C=C\C(=CN1CC=C(c2ncc(C(O)CO)cc2Cl)CC1)C(F)(F)F. The van der Waals surface area contributed by atoms with Crippen LogP contribution in [-0.2, 0) is 0 Å². The van der Waals surface area contributed by atoms with Gasteiger partial charge in [-0.25, -0.2) is 0 Å². The van der Waals surface area contributed by atoms with Crippen LogP contribution in [0.15, 0.2) is 42.3 Å². The smallest absolute Gasteiger partial charge is 0.393 e. The standard InChI is InChI=1S/C18H21ClF3N3O2/c19-15-8-13(16(27)11-26)9-24-17(15)12-3-6-25(7-4-12)10-14(2-1-5-23)18(20,21)22/h1-3,8-10,16,26-27H,4-7,11,23H2/b2-1-,14-10?.